The number of ether oxygens (including phenoxy) is 2. The minimum absolute atomic E-state index is 0.146. The highest BCUT2D eigenvalue weighted by Gasteiger charge is 2.13. The highest BCUT2D eigenvalue weighted by Crippen LogP contribution is 2.29. The summed E-state index contributed by atoms with van der Waals surface area (Å²) in [5.74, 6) is 1.31. The molecule has 1 amide bonds. The number of amides is 1. The van der Waals surface area contributed by atoms with Crippen molar-refractivity contribution in [2.75, 3.05) is 25.3 Å². The van der Waals surface area contributed by atoms with Crippen molar-refractivity contribution in [2.24, 2.45) is 0 Å². The normalized spacial score (nSPS) is 10.6. The van der Waals surface area contributed by atoms with E-state index in [9.17, 15) is 4.79 Å². The summed E-state index contributed by atoms with van der Waals surface area (Å²) in [6, 6.07) is 11.6. The SMILES string of the molecule is COc1ccc(OC)c(NC(=O)CSc2nccn2-c2cc(C)ccc2C)c1. The molecule has 0 aliphatic carbocycles. The molecule has 0 aliphatic heterocycles. The molecule has 28 heavy (non-hydrogen) atoms. The standard InChI is InChI=1S/C21H23N3O3S/c1-14-5-6-15(2)18(11-14)24-10-9-22-21(24)28-13-20(25)23-17-12-16(26-3)7-8-19(17)27-4/h5-12H,13H2,1-4H3,(H,23,25). The van der Waals surface area contributed by atoms with Gasteiger partial charge in [0.05, 0.1) is 31.3 Å². The van der Waals surface area contributed by atoms with Gasteiger partial charge in [-0.25, -0.2) is 4.98 Å². The van der Waals surface area contributed by atoms with Crippen LogP contribution < -0.4 is 14.8 Å². The van der Waals surface area contributed by atoms with Gasteiger partial charge in [0.15, 0.2) is 5.16 Å². The van der Waals surface area contributed by atoms with Gasteiger partial charge in [0.2, 0.25) is 5.91 Å². The molecule has 0 spiro atoms. The molecule has 0 unspecified atom stereocenters. The molecule has 0 saturated carbocycles. The topological polar surface area (TPSA) is 65.4 Å². The number of aromatic nitrogens is 2. The van der Waals surface area contributed by atoms with Gasteiger partial charge in [-0.15, -0.1) is 0 Å². The van der Waals surface area contributed by atoms with E-state index >= 15 is 0 Å². The molecule has 3 rings (SSSR count). The number of benzene rings is 2. The van der Waals surface area contributed by atoms with Gasteiger partial charge >= 0.3 is 0 Å². The maximum atomic E-state index is 12.5. The van der Waals surface area contributed by atoms with E-state index in [2.05, 4.69) is 42.3 Å². The zero-order valence-corrected chi connectivity index (χ0v) is 17.2. The Morgan fingerprint density at radius 3 is 2.71 bits per heavy atom. The Bertz CT molecular complexity index is 985. The Kier molecular flexibility index (Phi) is 6.26. The monoisotopic (exact) mass is 397 g/mol. The molecule has 1 N–H and O–H groups in total. The molecule has 0 bridgehead atoms. The van der Waals surface area contributed by atoms with Crippen molar-refractivity contribution in [1.82, 2.24) is 9.55 Å². The van der Waals surface area contributed by atoms with Crippen LogP contribution in [0.4, 0.5) is 5.69 Å². The molecule has 1 aromatic heterocycles. The van der Waals surface area contributed by atoms with Gasteiger partial charge in [0.1, 0.15) is 11.5 Å². The number of nitrogens with one attached hydrogen (secondary N) is 1. The second-order valence-corrected chi connectivity index (χ2v) is 7.22. The van der Waals surface area contributed by atoms with Crippen LogP contribution in [0.3, 0.4) is 0 Å². The Morgan fingerprint density at radius 2 is 1.96 bits per heavy atom. The summed E-state index contributed by atoms with van der Waals surface area (Å²) >= 11 is 1.38. The molecular formula is C21H23N3O3S. The lowest BCUT2D eigenvalue weighted by Crippen LogP contribution is -2.15. The number of aryl methyl sites for hydroxylation is 2. The Labute approximate surface area is 168 Å². The predicted molar refractivity (Wildman–Crippen MR) is 112 cm³/mol. The number of methoxy groups -OCH3 is 2. The fourth-order valence-corrected chi connectivity index (χ4v) is 3.55. The Balaban J connectivity index is 1.71. The third-order valence-electron chi connectivity index (χ3n) is 4.24. The van der Waals surface area contributed by atoms with E-state index in [4.69, 9.17) is 9.47 Å². The van der Waals surface area contributed by atoms with Gasteiger partial charge in [-0.1, -0.05) is 23.9 Å². The summed E-state index contributed by atoms with van der Waals surface area (Å²) in [6.45, 7) is 4.12. The number of carbonyl (C=O) groups excluding carboxylic acids is 1. The second-order valence-electron chi connectivity index (χ2n) is 6.27. The van der Waals surface area contributed by atoms with Crippen LogP contribution in [0.25, 0.3) is 5.69 Å². The first-order chi connectivity index (χ1) is 13.5. The third-order valence-corrected chi connectivity index (χ3v) is 5.21. The molecule has 1 heterocycles. The minimum Gasteiger partial charge on any atom is -0.497 e. The van der Waals surface area contributed by atoms with Crippen LogP contribution >= 0.6 is 11.8 Å². The van der Waals surface area contributed by atoms with Crippen molar-refractivity contribution < 1.29 is 14.3 Å². The molecular weight excluding hydrogens is 374 g/mol. The first-order valence-corrected chi connectivity index (χ1v) is 9.76. The van der Waals surface area contributed by atoms with Crippen LogP contribution in [0, 0.1) is 13.8 Å². The molecule has 6 nitrogen and oxygen atoms in total. The maximum Gasteiger partial charge on any atom is 0.234 e. The third kappa shape index (κ3) is 4.48. The first-order valence-electron chi connectivity index (χ1n) is 8.77. The lowest BCUT2D eigenvalue weighted by Gasteiger charge is -2.13. The molecule has 0 atom stereocenters. The van der Waals surface area contributed by atoms with Crippen LogP contribution in [0.5, 0.6) is 11.5 Å². The number of anilines is 1. The van der Waals surface area contributed by atoms with Gasteiger partial charge in [-0.05, 0) is 43.2 Å². The molecule has 0 aliphatic rings. The Hall–Kier alpha value is -2.93. The second kappa shape index (κ2) is 8.84. The molecule has 0 fully saturated rings. The van der Waals surface area contributed by atoms with Crippen molar-refractivity contribution >= 4 is 23.4 Å². The summed E-state index contributed by atoms with van der Waals surface area (Å²) in [6.07, 6.45) is 3.65. The Morgan fingerprint density at radius 1 is 1.14 bits per heavy atom. The number of hydrogen-bond acceptors (Lipinski definition) is 5. The van der Waals surface area contributed by atoms with Crippen LogP contribution in [0.2, 0.25) is 0 Å². The summed E-state index contributed by atoms with van der Waals surface area (Å²) < 4.78 is 12.5. The highest BCUT2D eigenvalue weighted by atomic mass is 32.2. The van der Waals surface area contributed by atoms with E-state index in [-0.39, 0.29) is 11.7 Å². The quantitative estimate of drug-likeness (QED) is 0.604. The first kappa shape index (κ1) is 19.8. The molecule has 3 aromatic rings. The average molecular weight is 398 g/mol. The fraction of sp³-hybridized carbons (Fsp3) is 0.238. The zero-order valence-electron chi connectivity index (χ0n) is 16.4. The van der Waals surface area contributed by atoms with Crippen molar-refractivity contribution in [2.45, 2.75) is 19.0 Å². The summed E-state index contributed by atoms with van der Waals surface area (Å²) in [5.41, 5.74) is 3.96. The number of nitrogens with zero attached hydrogens (tertiary/aromatic N) is 2. The largest absolute Gasteiger partial charge is 0.497 e. The van der Waals surface area contributed by atoms with Crippen LogP contribution in [0.15, 0.2) is 53.9 Å². The van der Waals surface area contributed by atoms with Gasteiger partial charge in [-0.2, -0.15) is 0 Å². The minimum atomic E-state index is -0.146. The van der Waals surface area contributed by atoms with Crippen molar-refractivity contribution in [1.29, 1.82) is 0 Å². The number of rotatable bonds is 7. The number of imidazole rings is 1. The number of thioether (sulfide) groups is 1. The van der Waals surface area contributed by atoms with Crippen LogP contribution in [-0.4, -0.2) is 35.4 Å². The van der Waals surface area contributed by atoms with E-state index in [1.807, 2.05) is 10.8 Å². The van der Waals surface area contributed by atoms with E-state index < -0.39 is 0 Å². The molecule has 0 radical (unpaired) electrons. The molecule has 146 valence electrons. The number of carbonyl (C=O) groups is 1. The maximum absolute atomic E-state index is 12.5. The molecule has 2 aromatic carbocycles. The van der Waals surface area contributed by atoms with E-state index in [1.165, 1.54) is 17.3 Å². The van der Waals surface area contributed by atoms with E-state index in [1.54, 1.807) is 38.6 Å². The van der Waals surface area contributed by atoms with Gasteiger partial charge in [-0.3, -0.25) is 9.36 Å². The van der Waals surface area contributed by atoms with Gasteiger partial charge < -0.3 is 14.8 Å². The van der Waals surface area contributed by atoms with Crippen molar-refractivity contribution in [3.8, 4) is 17.2 Å². The predicted octanol–water partition coefficient (Wildman–Crippen LogP) is 4.24. The summed E-state index contributed by atoms with van der Waals surface area (Å²) in [5, 5.41) is 3.64. The lowest BCUT2D eigenvalue weighted by molar-refractivity contribution is -0.113. The summed E-state index contributed by atoms with van der Waals surface area (Å²) in [4.78, 5) is 16.9. The highest BCUT2D eigenvalue weighted by molar-refractivity contribution is 7.99. The lowest BCUT2D eigenvalue weighted by atomic mass is 10.1. The summed E-state index contributed by atoms with van der Waals surface area (Å²) in [7, 11) is 3.14. The molecule has 7 heteroatoms. The fourth-order valence-electron chi connectivity index (χ4n) is 2.79. The van der Waals surface area contributed by atoms with E-state index in [0.29, 0.717) is 17.2 Å². The number of hydrogen-bond donors (Lipinski definition) is 1. The molecule has 0 saturated heterocycles. The van der Waals surface area contributed by atoms with E-state index in [0.717, 1.165) is 16.4 Å². The van der Waals surface area contributed by atoms with Crippen LogP contribution in [0.1, 0.15) is 11.1 Å². The smallest absolute Gasteiger partial charge is 0.234 e. The van der Waals surface area contributed by atoms with Gasteiger partial charge in [0, 0.05) is 18.5 Å². The average Bonchev–Trinajstić information content (AvgIpc) is 3.16. The van der Waals surface area contributed by atoms with Gasteiger partial charge in [0.25, 0.3) is 0 Å². The zero-order chi connectivity index (χ0) is 20.1. The van der Waals surface area contributed by atoms with Crippen LogP contribution in [-0.2, 0) is 4.79 Å². The van der Waals surface area contributed by atoms with Crippen molar-refractivity contribution in [3.63, 3.8) is 0 Å². The van der Waals surface area contributed by atoms with Crippen molar-refractivity contribution in [3.05, 3.63) is 59.9 Å².